The zero-order chi connectivity index (χ0) is 17.8. The summed E-state index contributed by atoms with van der Waals surface area (Å²) in [5.41, 5.74) is 2.20. The van der Waals surface area contributed by atoms with Gasteiger partial charge in [0.15, 0.2) is 0 Å². The first-order valence-corrected chi connectivity index (χ1v) is 10.1. The molecule has 0 aliphatic carbocycles. The topological polar surface area (TPSA) is 28.6 Å². The predicted molar refractivity (Wildman–Crippen MR) is 105 cm³/mol. The number of nitrogens with zero attached hydrogens (tertiary/aromatic N) is 3. The summed E-state index contributed by atoms with van der Waals surface area (Å²) in [4.78, 5) is 9.21. The predicted octanol–water partition coefficient (Wildman–Crippen LogP) is 3.82. The molecule has 4 rings (SSSR count). The molecule has 26 heavy (non-hydrogen) atoms. The van der Waals surface area contributed by atoms with Crippen molar-refractivity contribution in [3.63, 3.8) is 0 Å². The maximum Gasteiger partial charge on any atom is 0.125 e. The molecule has 4 nitrogen and oxygen atoms in total. The van der Waals surface area contributed by atoms with Crippen LogP contribution in [-0.4, -0.2) is 49.6 Å². The summed E-state index contributed by atoms with van der Waals surface area (Å²) in [6, 6.07) is 11.2. The third-order valence-electron chi connectivity index (χ3n) is 4.93. The Morgan fingerprint density at radius 3 is 2.73 bits per heavy atom. The van der Waals surface area contributed by atoms with Gasteiger partial charge in [0.25, 0.3) is 0 Å². The second-order valence-corrected chi connectivity index (χ2v) is 8.08. The summed E-state index contributed by atoms with van der Waals surface area (Å²) in [5.74, 6) is -0.169. The highest BCUT2D eigenvalue weighted by molar-refractivity contribution is 7.99. The largest absolute Gasteiger partial charge is 0.378 e. The number of anilines is 2. The van der Waals surface area contributed by atoms with Crippen LogP contribution in [-0.2, 0) is 4.74 Å². The second kappa shape index (κ2) is 8.27. The summed E-state index contributed by atoms with van der Waals surface area (Å²) >= 11 is 1.84. The van der Waals surface area contributed by atoms with E-state index < -0.39 is 0 Å². The molecule has 2 saturated heterocycles. The highest BCUT2D eigenvalue weighted by Crippen LogP contribution is 2.32. The number of hydrogen-bond donors (Lipinski definition) is 0. The van der Waals surface area contributed by atoms with Crippen molar-refractivity contribution in [3.05, 3.63) is 48.4 Å². The fraction of sp³-hybridized carbons (Fsp3) is 0.450. The van der Waals surface area contributed by atoms with Crippen LogP contribution in [0.3, 0.4) is 0 Å². The lowest BCUT2D eigenvalue weighted by atomic mass is 10.1. The van der Waals surface area contributed by atoms with E-state index in [-0.39, 0.29) is 5.82 Å². The zero-order valence-corrected chi connectivity index (χ0v) is 15.6. The SMILES string of the molecule is Fc1cccc(N2CCC[C@@H](Sc3cc(N4CCOCC4)ccn3)C2)c1. The van der Waals surface area contributed by atoms with Gasteiger partial charge in [-0.3, -0.25) is 0 Å². The maximum absolute atomic E-state index is 13.5. The van der Waals surface area contributed by atoms with Crippen LogP contribution in [0.5, 0.6) is 0 Å². The molecule has 0 bridgehead atoms. The van der Waals surface area contributed by atoms with Crippen LogP contribution in [0.2, 0.25) is 0 Å². The standard InChI is InChI=1S/C20H24FN3OS/c21-16-3-1-4-17(13-16)24-8-2-5-19(15-24)26-20-14-18(6-7-22-20)23-9-11-25-12-10-23/h1,3-4,6-7,13-14,19H,2,5,8-12,15H2/t19-/m1/s1. The van der Waals surface area contributed by atoms with E-state index in [9.17, 15) is 4.39 Å². The number of morpholine rings is 1. The lowest BCUT2D eigenvalue weighted by molar-refractivity contribution is 0.122. The second-order valence-electron chi connectivity index (χ2n) is 6.76. The molecule has 0 spiro atoms. The van der Waals surface area contributed by atoms with Gasteiger partial charge in [-0.15, -0.1) is 11.8 Å². The number of aromatic nitrogens is 1. The normalized spacial score (nSPS) is 21.0. The molecule has 2 aliphatic rings. The van der Waals surface area contributed by atoms with Crippen molar-refractivity contribution in [2.75, 3.05) is 49.2 Å². The summed E-state index contributed by atoms with van der Waals surface area (Å²) in [6.45, 7) is 5.36. The third kappa shape index (κ3) is 4.30. The summed E-state index contributed by atoms with van der Waals surface area (Å²) in [6.07, 6.45) is 4.19. The zero-order valence-electron chi connectivity index (χ0n) is 14.8. The Hall–Kier alpha value is -1.79. The Balaban J connectivity index is 1.42. The van der Waals surface area contributed by atoms with Crippen LogP contribution in [0.1, 0.15) is 12.8 Å². The molecule has 1 aromatic heterocycles. The molecule has 0 N–H and O–H groups in total. The van der Waals surface area contributed by atoms with Crippen LogP contribution in [0, 0.1) is 5.82 Å². The van der Waals surface area contributed by atoms with Gasteiger partial charge in [0.2, 0.25) is 0 Å². The van der Waals surface area contributed by atoms with Gasteiger partial charge in [-0.2, -0.15) is 0 Å². The van der Waals surface area contributed by atoms with E-state index in [2.05, 4.69) is 26.9 Å². The average molecular weight is 373 g/mol. The molecular formula is C20H24FN3OS. The molecule has 6 heteroatoms. The molecule has 2 aromatic rings. The monoisotopic (exact) mass is 373 g/mol. The first-order chi connectivity index (χ1) is 12.8. The van der Waals surface area contributed by atoms with E-state index in [0.717, 1.165) is 56.5 Å². The van der Waals surface area contributed by atoms with Crippen LogP contribution >= 0.6 is 11.8 Å². The number of piperidine rings is 1. The molecule has 0 amide bonds. The van der Waals surface area contributed by atoms with Crippen molar-refractivity contribution in [2.24, 2.45) is 0 Å². The molecule has 0 unspecified atom stereocenters. The van der Waals surface area contributed by atoms with E-state index in [4.69, 9.17) is 4.74 Å². The highest BCUT2D eigenvalue weighted by atomic mass is 32.2. The number of thioether (sulfide) groups is 1. The molecular weight excluding hydrogens is 349 g/mol. The van der Waals surface area contributed by atoms with Crippen molar-refractivity contribution in [3.8, 4) is 0 Å². The smallest absolute Gasteiger partial charge is 0.125 e. The number of ether oxygens (including phenoxy) is 1. The van der Waals surface area contributed by atoms with Crippen LogP contribution < -0.4 is 9.80 Å². The highest BCUT2D eigenvalue weighted by Gasteiger charge is 2.22. The molecule has 1 aromatic carbocycles. The molecule has 3 heterocycles. The van der Waals surface area contributed by atoms with E-state index >= 15 is 0 Å². The minimum absolute atomic E-state index is 0.169. The number of hydrogen-bond acceptors (Lipinski definition) is 5. The Bertz CT molecular complexity index is 739. The van der Waals surface area contributed by atoms with Crippen LogP contribution in [0.4, 0.5) is 15.8 Å². The Kier molecular flexibility index (Phi) is 5.60. The van der Waals surface area contributed by atoms with Gasteiger partial charge in [-0.05, 0) is 43.2 Å². The Morgan fingerprint density at radius 1 is 1.04 bits per heavy atom. The average Bonchev–Trinajstić information content (AvgIpc) is 2.69. The summed E-state index contributed by atoms with van der Waals surface area (Å²) in [5, 5.41) is 1.54. The fourth-order valence-corrected chi connectivity index (χ4v) is 4.79. The van der Waals surface area contributed by atoms with E-state index in [1.54, 1.807) is 12.1 Å². The fourth-order valence-electron chi connectivity index (χ4n) is 3.59. The molecule has 2 aliphatic heterocycles. The van der Waals surface area contributed by atoms with Crippen LogP contribution in [0.25, 0.3) is 0 Å². The van der Waals surface area contributed by atoms with Gasteiger partial charge >= 0.3 is 0 Å². The number of benzene rings is 1. The molecule has 0 saturated carbocycles. The number of pyridine rings is 1. The Morgan fingerprint density at radius 2 is 1.88 bits per heavy atom. The van der Waals surface area contributed by atoms with Gasteiger partial charge in [0.1, 0.15) is 5.82 Å². The van der Waals surface area contributed by atoms with Gasteiger partial charge in [-0.1, -0.05) is 6.07 Å². The van der Waals surface area contributed by atoms with Crippen molar-refractivity contribution in [1.29, 1.82) is 0 Å². The third-order valence-corrected chi connectivity index (χ3v) is 6.12. The molecule has 138 valence electrons. The van der Waals surface area contributed by atoms with E-state index in [1.165, 1.54) is 18.2 Å². The minimum atomic E-state index is -0.169. The van der Waals surface area contributed by atoms with Gasteiger partial charge in [0, 0.05) is 49.0 Å². The summed E-state index contributed by atoms with van der Waals surface area (Å²) in [7, 11) is 0. The van der Waals surface area contributed by atoms with E-state index in [0.29, 0.717) is 5.25 Å². The lowest BCUT2D eigenvalue weighted by Gasteiger charge is -2.34. The molecule has 0 radical (unpaired) electrons. The quantitative estimate of drug-likeness (QED) is 0.813. The first kappa shape index (κ1) is 17.6. The van der Waals surface area contributed by atoms with Gasteiger partial charge in [-0.25, -0.2) is 9.37 Å². The number of halogens is 1. The lowest BCUT2D eigenvalue weighted by Crippen LogP contribution is -2.37. The molecule has 1 atom stereocenters. The van der Waals surface area contributed by atoms with Crippen molar-refractivity contribution >= 4 is 23.1 Å². The number of rotatable bonds is 4. The maximum atomic E-state index is 13.5. The van der Waals surface area contributed by atoms with Gasteiger partial charge < -0.3 is 14.5 Å². The first-order valence-electron chi connectivity index (χ1n) is 9.24. The van der Waals surface area contributed by atoms with Crippen LogP contribution in [0.15, 0.2) is 47.6 Å². The molecule has 2 fully saturated rings. The van der Waals surface area contributed by atoms with Crippen molar-refractivity contribution < 1.29 is 9.13 Å². The summed E-state index contributed by atoms with van der Waals surface area (Å²) < 4.78 is 19.0. The van der Waals surface area contributed by atoms with E-state index in [1.807, 2.05) is 24.0 Å². The van der Waals surface area contributed by atoms with Crippen molar-refractivity contribution in [1.82, 2.24) is 4.98 Å². The van der Waals surface area contributed by atoms with Gasteiger partial charge in [0.05, 0.1) is 18.2 Å². The van der Waals surface area contributed by atoms with Crippen molar-refractivity contribution in [2.45, 2.75) is 23.1 Å². The minimum Gasteiger partial charge on any atom is -0.378 e. The Labute approximate surface area is 158 Å².